The average Bonchev–Trinajstić information content (AvgIpc) is 3.12. The zero-order valence-corrected chi connectivity index (χ0v) is 17.1. The van der Waals surface area contributed by atoms with Crippen LogP contribution < -0.4 is 0 Å². The number of benzene rings is 1. The van der Waals surface area contributed by atoms with Crippen molar-refractivity contribution in [2.45, 2.75) is 34.6 Å². The van der Waals surface area contributed by atoms with Crippen LogP contribution in [0.2, 0.25) is 0 Å². The van der Waals surface area contributed by atoms with Crippen molar-refractivity contribution in [2.24, 2.45) is 0 Å². The fourth-order valence-corrected chi connectivity index (χ4v) is 5.52. The minimum absolute atomic E-state index is 1.04. The summed E-state index contributed by atoms with van der Waals surface area (Å²) in [6, 6.07) is 10.7. The zero-order valence-electron chi connectivity index (χ0n) is 15.5. The van der Waals surface area contributed by atoms with Crippen molar-refractivity contribution in [2.75, 3.05) is 26.2 Å². The lowest BCUT2D eigenvalue weighted by atomic mass is 10.1. The van der Waals surface area contributed by atoms with Crippen molar-refractivity contribution in [1.29, 1.82) is 0 Å². The molecule has 24 heavy (non-hydrogen) atoms. The van der Waals surface area contributed by atoms with Gasteiger partial charge in [-0.2, -0.15) is 0 Å². The van der Waals surface area contributed by atoms with Crippen molar-refractivity contribution in [1.82, 2.24) is 4.90 Å². The SMILES string of the molecule is CCN(CC)C(/C(C)=C1/C=C(c2ccccc2)SS1)=[N+](CC)CC. The Morgan fingerprint density at radius 1 is 0.958 bits per heavy atom. The summed E-state index contributed by atoms with van der Waals surface area (Å²) in [5.41, 5.74) is 2.70. The fourth-order valence-electron chi connectivity index (χ4n) is 2.99. The van der Waals surface area contributed by atoms with Crippen molar-refractivity contribution in [3.05, 3.63) is 52.4 Å². The second-order valence-electron chi connectivity index (χ2n) is 5.70. The molecule has 0 amide bonds. The predicted molar refractivity (Wildman–Crippen MR) is 112 cm³/mol. The molecule has 0 aromatic heterocycles. The number of hydrogen-bond acceptors (Lipinski definition) is 2. The van der Waals surface area contributed by atoms with Gasteiger partial charge >= 0.3 is 0 Å². The van der Waals surface area contributed by atoms with Gasteiger partial charge in [-0.15, -0.1) is 0 Å². The Labute approximate surface area is 155 Å². The van der Waals surface area contributed by atoms with Crippen molar-refractivity contribution in [3.63, 3.8) is 0 Å². The minimum atomic E-state index is 1.04. The molecule has 2 rings (SSSR count). The van der Waals surface area contributed by atoms with Crippen LogP contribution in [0.5, 0.6) is 0 Å². The van der Waals surface area contributed by atoms with Gasteiger partial charge in [0.15, 0.2) is 0 Å². The fraction of sp³-hybridized carbons (Fsp3) is 0.450. The standard InChI is InChI=1S/C20H29N2S2/c1-6-21(7-2)20(22(8-3)9-4)16(5)18-15-19(24-23-18)17-13-11-10-12-14-17/h10-15H,6-9H2,1-5H3/q+1/b18-16-. The third kappa shape index (κ3) is 4.28. The molecule has 1 aliphatic rings. The number of hydrogen-bond donors (Lipinski definition) is 0. The van der Waals surface area contributed by atoms with E-state index in [1.165, 1.54) is 26.8 Å². The summed E-state index contributed by atoms with van der Waals surface area (Å²) in [4.78, 5) is 5.22. The molecule has 2 nitrogen and oxygen atoms in total. The molecule has 4 heteroatoms. The first kappa shape index (κ1) is 19.2. The topological polar surface area (TPSA) is 6.25 Å². The van der Waals surface area contributed by atoms with E-state index in [-0.39, 0.29) is 0 Å². The Hall–Kier alpha value is -1.13. The number of nitrogens with zero attached hydrogens (tertiary/aromatic N) is 2. The Kier molecular flexibility index (Phi) is 7.50. The Bertz CT molecular complexity index is 635. The number of rotatable bonds is 6. The molecule has 0 spiro atoms. The molecule has 0 unspecified atom stereocenters. The Morgan fingerprint density at radius 3 is 2.12 bits per heavy atom. The largest absolute Gasteiger partial charge is 0.275 e. The maximum absolute atomic E-state index is 2.48. The first-order valence-electron chi connectivity index (χ1n) is 8.85. The summed E-state index contributed by atoms with van der Waals surface area (Å²) in [5, 5.41) is 0. The minimum Gasteiger partial charge on any atom is -0.262 e. The van der Waals surface area contributed by atoms with Gasteiger partial charge in [0.05, 0.1) is 31.8 Å². The first-order valence-corrected chi connectivity index (χ1v) is 11.0. The summed E-state index contributed by atoms with van der Waals surface area (Å²) >= 11 is 0. The lowest BCUT2D eigenvalue weighted by Gasteiger charge is -2.21. The van der Waals surface area contributed by atoms with Crippen LogP contribution in [0.15, 0.2) is 46.9 Å². The van der Waals surface area contributed by atoms with E-state index in [0.717, 1.165) is 26.2 Å². The van der Waals surface area contributed by atoms with Crippen LogP contribution in [-0.2, 0) is 0 Å². The third-order valence-corrected chi connectivity index (χ3v) is 6.92. The van der Waals surface area contributed by atoms with Gasteiger partial charge in [0.2, 0.25) is 0 Å². The Balaban J connectivity index is 2.46. The summed E-state index contributed by atoms with van der Waals surface area (Å²) in [6.07, 6.45) is 2.35. The zero-order chi connectivity index (χ0) is 17.5. The van der Waals surface area contributed by atoms with E-state index in [1.807, 2.05) is 21.6 Å². The molecule has 0 saturated heterocycles. The van der Waals surface area contributed by atoms with Crippen LogP contribution >= 0.6 is 21.6 Å². The summed E-state index contributed by atoms with van der Waals surface area (Å²) in [6.45, 7) is 15.4. The quantitative estimate of drug-likeness (QED) is 0.286. The van der Waals surface area contributed by atoms with Gasteiger partial charge in [0.1, 0.15) is 0 Å². The average molecular weight is 362 g/mol. The van der Waals surface area contributed by atoms with E-state index < -0.39 is 0 Å². The van der Waals surface area contributed by atoms with Gasteiger partial charge in [0.25, 0.3) is 5.84 Å². The molecular formula is C20H29N2S2+. The maximum atomic E-state index is 2.48. The first-order chi connectivity index (χ1) is 11.7. The summed E-state index contributed by atoms with van der Waals surface area (Å²) in [7, 11) is 3.76. The van der Waals surface area contributed by atoms with E-state index in [2.05, 4.69) is 80.5 Å². The molecule has 0 fully saturated rings. The highest BCUT2D eigenvalue weighted by molar-refractivity contribution is 8.82. The summed E-state index contributed by atoms with van der Waals surface area (Å²) < 4.78 is 2.48. The van der Waals surface area contributed by atoms with Crippen molar-refractivity contribution >= 4 is 32.3 Å². The molecule has 0 aliphatic carbocycles. The Morgan fingerprint density at radius 2 is 1.58 bits per heavy atom. The highest BCUT2D eigenvalue weighted by atomic mass is 33.1. The second-order valence-corrected chi connectivity index (χ2v) is 7.91. The van der Waals surface area contributed by atoms with E-state index in [0.29, 0.717) is 0 Å². The molecular weight excluding hydrogens is 332 g/mol. The predicted octanol–water partition coefficient (Wildman–Crippen LogP) is 5.49. The van der Waals surface area contributed by atoms with E-state index in [9.17, 15) is 0 Å². The van der Waals surface area contributed by atoms with Gasteiger partial charge in [-0.25, -0.2) is 0 Å². The van der Waals surface area contributed by atoms with Crippen LogP contribution in [0.1, 0.15) is 40.2 Å². The second kappa shape index (κ2) is 9.38. The lowest BCUT2D eigenvalue weighted by molar-refractivity contribution is -0.525. The van der Waals surface area contributed by atoms with Gasteiger partial charge in [0, 0.05) is 9.81 Å². The third-order valence-electron chi connectivity index (χ3n) is 4.37. The smallest absolute Gasteiger partial charge is 0.262 e. The van der Waals surface area contributed by atoms with E-state index in [1.54, 1.807) is 0 Å². The molecule has 0 bridgehead atoms. The monoisotopic (exact) mass is 361 g/mol. The van der Waals surface area contributed by atoms with Crippen molar-refractivity contribution < 1.29 is 4.58 Å². The lowest BCUT2D eigenvalue weighted by Crippen LogP contribution is -2.39. The van der Waals surface area contributed by atoms with Crippen LogP contribution in [0, 0.1) is 0 Å². The van der Waals surface area contributed by atoms with Crippen LogP contribution in [0.3, 0.4) is 0 Å². The van der Waals surface area contributed by atoms with E-state index >= 15 is 0 Å². The van der Waals surface area contributed by atoms with Gasteiger partial charge in [-0.05, 0) is 46.3 Å². The summed E-state index contributed by atoms with van der Waals surface area (Å²) in [5.74, 6) is 1.39. The number of allylic oxidation sites excluding steroid dienone is 1. The molecule has 130 valence electrons. The van der Waals surface area contributed by atoms with Crippen molar-refractivity contribution in [3.8, 4) is 0 Å². The van der Waals surface area contributed by atoms with Crippen LogP contribution in [-0.4, -0.2) is 41.5 Å². The van der Waals surface area contributed by atoms with Gasteiger partial charge in [-0.3, -0.25) is 9.48 Å². The van der Waals surface area contributed by atoms with Crippen LogP contribution in [0.4, 0.5) is 0 Å². The molecule has 0 saturated carbocycles. The molecule has 1 heterocycles. The highest BCUT2D eigenvalue weighted by Crippen LogP contribution is 2.50. The maximum Gasteiger partial charge on any atom is 0.275 e. The number of likely N-dealkylation sites (N-methyl/N-ethyl adjacent to an activating group) is 1. The molecule has 0 atom stereocenters. The van der Waals surface area contributed by atoms with Gasteiger partial charge in [-0.1, -0.05) is 51.9 Å². The molecule has 0 radical (unpaired) electrons. The molecule has 0 N–H and O–H groups in total. The number of amidine groups is 1. The highest BCUT2D eigenvalue weighted by Gasteiger charge is 2.26. The normalized spacial score (nSPS) is 16.0. The molecule has 1 aliphatic heterocycles. The van der Waals surface area contributed by atoms with E-state index in [4.69, 9.17) is 0 Å². The van der Waals surface area contributed by atoms with Crippen LogP contribution in [0.25, 0.3) is 4.91 Å². The molecule has 1 aromatic rings. The van der Waals surface area contributed by atoms with Gasteiger partial charge < -0.3 is 0 Å². The molecule has 1 aromatic carbocycles.